The summed E-state index contributed by atoms with van der Waals surface area (Å²) in [5.41, 5.74) is 0.114. The van der Waals surface area contributed by atoms with Crippen LogP contribution in [0.3, 0.4) is 0 Å². The third-order valence-electron chi connectivity index (χ3n) is 5.06. The Morgan fingerprint density at radius 1 is 1.00 bits per heavy atom. The van der Waals surface area contributed by atoms with Gasteiger partial charge in [-0.1, -0.05) is 0 Å². The average molecular weight is 345 g/mol. The first-order chi connectivity index (χ1) is 12.2. The number of rotatable bonds is 5. The van der Waals surface area contributed by atoms with E-state index in [0.29, 0.717) is 18.6 Å². The molecule has 0 radical (unpaired) electrons. The van der Waals surface area contributed by atoms with E-state index in [-0.39, 0.29) is 5.56 Å². The van der Waals surface area contributed by atoms with E-state index >= 15 is 0 Å². The van der Waals surface area contributed by atoms with Gasteiger partial charge in [-0.05, 0) is 31.7 Å². The fourth-order valence-electron chi connectivity index (χ4n) is 3.63. The smallest absolute Gasteiger partial charge is 0.148 e. The minimum absolute atomic E-state index is 0.114. The summed E-state index contributed by atoms with van der Waals surface area (Å²) in [5.74, 6) is -0.146. The molecule has 0 N–H and O–H groups in total. The fraction of sp³-hybridized carbons (Fsp3) is 0.500. The Kier molecular flexibility index (Phi) is 4.57. The molecule has 0 spiro atoms. The van der Waals surface area contributed by atoms with Crippen molar-refractivity contribution in [1.29, 1.82) is 0 Å². The largest absolute Gasteiger partial charge is 0.350 e. The van der Waals surface area contributed by atoms with Gasteiger partial charge in [-0.15, -0.1) is 0 Å². The Hall–Kier alpha value is -2.15. The van der Waals surface area contributed by atoms with Crippen LogP contribution in [0.1, 0.15) is 31.2 Å². The third-order valence-corrected chi connectivity index (χ3v) is 5.06. The Morgan fingerprint density at radius 2 is 1.68 bits per heavy atom. The molecule has 3 heterocycles. The lowest BCUT2D eigenvalue weighted by Gasteiger charge is -2.39. The molecule has 2 fully saturated rings. The summed E-state index contributed by atoms with van der Waals surface area (Å²) in [6.45, 7) is 1.93. The zero-order valence-corrected chi connectivity index (χ0v) is 14.0. The summed E-state index contributed by atoms with van der Waals surface area (Å²) < 4.78 is 27.6. The summed E-state index contributed by atoms with van der Waals surface area (Å²) in [6.07, 6.45) is 9.87. The number of halogens is 2. The van der Waals surface area contributed by atoms with Crippen LogP contribution in [0, 0.1) is 11.6 Å². The molecule has 2 aliphatic rings. The number of aromatic nitrogens is 3. The van der Waals surface area contributed by atoms with Crippen molar-refractivity contribution in [3.8, 4) is 0 Å². The van der Waals surface area contributed by atoms with Gasteiger partial charge in [-0.3, -0.25) is 9.88 Å². The summed E-state index contributed by atoms with van der Waals surface area (Å²) in [6, 6.07) is 2.96. The monoisotopic (exact) mass is 345 g/mol. The Labute approximate surface area is 145 Å². The van der Waals surface area contributed by atoms with Gasteiger partial charge in [0.2, 0.25) is 0 Å². The van der Waals surface area contributed by atoms with Crippen LogP contribution < -0.4 is 4.90 Å². The van der Waals surface area contributed by atoms with Crippen LogP contribution in [0.15, 0.2) is 31.0 Å². The molecule has 1 saturated heterocycles. The maximum Gasteiger partial charge on any atom is 0.148 e. The predicted octanol–water partition coefficient (Wildman–Crippen LogP) is 2.78. The van der Waals surface area contributed by atoms with E-state index < -0.39 is 11.6 Å². The Bertz CT molecular complexity index is 694. The maximum atomic E-state index is 13.8. The average Bonchev–Trinajstić information content (AvgIpc) is 3.46. The number of piperidine rings is 1. The number of nitrogens with zero attached hydrogens (tertiary/aromatic N) is 5. The molecule has 0 atom stereocenters. The molecule has 2 aromatic rings. The highest BCUT2D eigenvalue weighted by molar-refractivity contribution is 5.41. The standard InChI is InChI=1S/C18H21F2N5/c19-16-9-22-10-17(20)15(16)11-24-7-4-14(5-8-24)25(13-1-2-13)18-3-6-21-12-23-18/h3,6,9-10,12-14H,1-2,4-5,7-8,11H2. The summed E-state index contributed by atoms with van der Waals surface area (Å²) in [4.78, 5) is 16.5. The van der Waals surface area contributed by atoms with Crippen LogP contribution in [0.2, 0.25) is 0 Å². The van der Waals surface area contributed by atoms with Gasteiger partial charge in [-0.25, -0.2) is 18.7 Å². The van der Waals surface area contributed by atoms with Crippen molar-refractivity contribution in [3.63, 3.8) is 0 Å². The van der Waals surface area contributed by atoms with Crippen LogP contribution in [-0.2, 0) is 6.54 Å². The van der Waals surface area contributed by atoms with Gasteiger partial charge < -0.3 is 4.90 Å². The van der Waals surface area contributed by atoms with Crippen molar-refractivity contribution in [2.45, 2.75) is 44.3 Å². The van der Waals surface area contributed by atoms with E-state index in [1.165, 1.54) is 12.8 Å². The maximum absolute atomic E-state index is 13.8. The van der Waals surface area contributed by atoms with Crippen molar-refractivity contribution in [2.24, 2.45) is 0 Å². The van der Waals surface area contributed by atoms with Gasteiger partial charge in [0.05, 0.1) is 12.4 Å². The molecule has 0 aromatic carbocycles. The minimum atomic E-state index is -0.567. The lowest BCUT2D eigenvalue weighted by atomic mass is 10.0. The quantitative estimate of drug-likeness (QED) is 0.834. The van der Waals surface area contributed by atoms with Crippen LogP contribution in [0.25, 0.3) is 0 Å². The number of anilines is 1. The zero-order valence-electron chi connectivity index (χ0n) is 14.0. The van der Waals surface area contributed by atoms with E-state index in [0.717, 1.165) is 44.1 Å². The third kappa shape index (κ3) is 3.61. The van der Waals surface area contributed by atoms with Crippen molar-refractivity contribution in [2.75, 3.05) is 18.0 Å². The molecule has 5 nitrogen and oxygen atoms in total. The molecular weight excluding hydrogens is 324 g/mol. The highest BCUT2D eigenvalue weighted by Crippen LogP contribution is 2.35. The highest BCUT2D eigenvalue weighted by atomic mass is 19.1. The molecule has 1 aliphatic heterocycles. The molecule has 132 valence electrons. The van der Waals surface area contributed by atoms with Crippen molar-refractivity contribution < 1.29 is 8.78 Å². The highest BCUT2D eigenvalue weighted by Gasteiger charge is 2.36. The second-order valence-electron chi connectivity index (χ2n) is 6.80. The molecule has 25 heavy (non-hydrogen) atoms. The SMILES string of the molecule is Fc1cncc(F)c1CN1CCC(N(c2ccncn2)C2CC2)CC1. The molecule has 4 rings (SSSR count). The predicted molar refractivity (Wildman–Crippen MR) is 90.0 cm³/mol. The summed E-state index contributed by atoms with van der Waals surface area (Å²) >= 11 is 0. The number of likely N-dealkylation sites (tertiary alicyclic amines) is 1. The van der Waals surface area contributed by atoms with Crippen molar-refractivity contribution in [1.82, 2.24) is 19.9 Å². The topological polar surface area (TPSA) is 45.2 Å². The zero-order chi connectivity index (χ0) is 17.2. The molecule has 0 amide bonds. The van der Waals surface area contributed by atoms with Gasteiger partial charge in [0.1, 0.15) is 23.8 Å². The van der Waals surface area contributed by atoms with Crippen LogP contribution >= 0.6 is 0 Å². The number of hydrogen-bond acceptors (Lipinski definition) is 5. The minimum Gasteiger partial charge on any atom is -0.350 e. The summed E-state index contributed by atoms with van der Waals surface area (Å²) in [7, 11) is 0. The van der Waals surface area contributed by atoms with Gasteiger partial charge in [0.15, 0.2) is 0 Å². The van der Waals surface area contributed by atoms with Gasteiger partial charge in [0, 0.05) is 43.5 Å². The molecule has 1 aliphatic carbocycles. The Balaban J connectivity index is 1.41. The fourth-order valence-corrected chi connectivity index (χ4v) is 3.63. The van der Waals surface area contributed by atoms with Gasteiger partial charge >= 0.3 is 0 Å². The second-order valence-corrected chi connectivity index (χ2v) is 6.80. The number of hydrogen-bond donors (Lipinski definition) is 0. The van der Waals surface area contributed by atoms with Gasteiger partial charge in [-0.2, -0.15) is 0 Å². The van der Waals surface area contributed by atoms with E-state index in [1.54, 1.807) is 12.5 Å². The molecule has 0 bridgehead atoms. The van der Waals surface area contributed by atoms with Gasteiger partial charge in [0.25, 0.3) is 0 Å². The van der Waals surface area contributed by atoms with E-state index in [1.807, 2.05) is 6.07 Å². The molecule has 0 unspecified atom stereocenters. The molecular formula is C18H21F2N5. The normalized spacial score (nSPS) is 19.1. The second kappa shape index (κ2) is 7.00. The lowest BCUT2D eigenvalue weighted by molar-refractivity contribution is 0.195. The Morgan fingerprint density at radius 3 is 2.28 bits per heavy atom. The van der Waals surface area contributed by atoms with Crippen molar-refractivity contribution >= 4 is 5.82 Å². The first kappa shape index (κ1) is 16.3. The molecule has 1 saturated carbocycles. The van der Waals surface area contributed by atoms with E-state index in [9.17, 15) is 8.78 Å². The van der Waals surface area contributed by atoms with Crippen LogP contribution in [0.4, 0.5) is 14.6 Å². The molecule has 7 heteroatoms. The van der Waals surface area contributed by atoms with E-state index in [2.05, 4.69) is 24.8 Å². The number of pyridine rings is 1. The van der Waals surface area contributed by atoms with Crippen molar-refractivity contribution in [3.05, 3.63) is 48.2 Å². The van der Waals surface area contributed by atoms with E-state index in [4.69, 9.17) is 0 Å². The lowest BCUT2D eigenvalue weighted by Crippen LogP contribution is -2.46. The first-order valence-corrected chi connectivity index (χ1v) is 8.77. The summed E-state index contributed by atoms with van der Waals surface area (Å²) in [5, 5.41) is 0. The molecule has 2 aromatic heterocycles. The van der Waals surface area contributed by atoms with Crippen LogP contribution in [0.5, 0.6) is 0 Å². The first-order valence-electron chi connectivity index (χ1n) is 8.77. The van der Waals surface area contributed by atoms with Crippen LogP contribution in [-0.4, -0.2) is 45.0 Å².